The molecule has 11 nitrogen and oxygen atoms in total. The van der Waals surface area contributed by atoms with E-state index >= 15 is 0 Å². The van der Waals surface area contributed by atoms with Crippen molar-refractivity contribution in [2.75, 3.05) is 45.2 Å². The fourth-order valence-corrected chi connectivity index (χ4v) is 7.86. The van der Waals surface area contributed by atoms with Crippen molar-refractivity contribution in [2.24, 2.45) is 5.92 Å². The molecule has 1 atom stereocenters. The Labute approximate surface area is 243 Å². The number of amides is 1. The molecule has 2 aliphatic rings. The number of nitrogens with one attached hydrogen (secondary N) is 1. The minimum absolute atomic E-state index is 0.0361. The molecule has 1 aliphatic carbocycles. The number of aliphatic carboxylic acids is 1. The highest BCUT2D eigenvalue weighted by molar-refractivity contribution is 7.89. The summed E-state index contributed by atoms with van der Waals surface area (Å²) in [7, 11) is -2.16. The number of pyridine rings is 1. The zero-order valence-electron chi connectivity index (χ0n) is 23.0. The highest BCUT2D eigenvalue weighted by Crippen LogP contribution is 2.36. The Morgan fingerprint density at radius 2 is 1.78 bits per heavy atom. The third kappa shape index (κ3) is 7.03. The summed E-state index contributed by atoms with van der Waals surface area (Å²) in [5, 5.41) is 12.3. The number of nitrogens with zero attached hydrogens (tertiary/aromatic N) is 4. The van der Waals surface area contributed by atoms with E-state index < -0.39 is 21.9 Å². The molecule has 3 heterocycles. The Morgan fingerprint density at radius 3 is 2.44 bits per heavy atom. The monoisotopic (exact) mass is 601 g/mol. The Morgan fingerprint density at radius 1 is 1.07 bits per heavy atom. The van der Waals surface area contributed by atoms with E-state index in [1.807, 2.05) is 4.90 Å². The van der Waals surface area contributed by atoms with Gasteiger partial charge in [-0.15, -0.1) is 0 Å². The quantitative estimate of drug-likeness (QED) is 0.336. The molecule has 0 unspecified atom stereocenters. The number of anilines is 1. The maximum absolute atomic E-state index is 13.6. The van der Waals surface area contributed by atoms with Gasteiger partial charge in [0.15, 0.2) is 5.13 Å². The zero-order chi connectivity index (χ0) is 29.0. The number of hydrogen-bond acceptors (Lipinski definition) is 9. The average Bonchev–Trinajstić information content (AvgIpc) is 3.64. The molecule has 220 valence electrons. The lowest BCUT2D eigenvalue weighted by Gasteiger charge is -2.33. The first kappa shape index (κ1) is 29.4. The Bertz CT molecular complexity index is 1480. The van der Waals surface area contributed by atoms with E-state index in [1.54, 1.807) is 43.5 Å². The van der Waals surface area contributed by atoms with Crippen LogP contribution in [0.2, 0.25) is 0 Å². The standard InChI is InChI=1S/C28H35N5O6S2/c1-39-24-11-10-23-27(30-24)40-28(29-23)31-26(36)22(18-19-4-2-3-5-19)20-6-8-21(9-7-20)41(37,38)33-16-14-32(15-17-33)13-12-25(34)35/h6-11,19,22H,2-5,12-18H2,1H3,(H,34,35)(H,29,31,36)/t22-/m1/s1. The van der Waals surface area contributed by atoms with E-state index in [-0.39, 0.29) is 17.2 Å². The van der Waals surface area contributed by atoms with Crippen molar-refractivity contribution in [3.63, 3.8) is 0 Å². The summed E-state index contributed by atoms with van der Waals surface area (Å²) in [6.07, 6.45) is 5.21. The number of carboxylic acid groups (broad SMARTS) is 1. The third-order valence-electron chi connectivity index (χ3n) is 7.92. The molecule has 1 saturated carbocycles. The molecule has 2 aromatic heterocycles. The second-order valence-corrected chi connectivity index (χ2v) is 13.5. The first-order valence-electron chi connectivity index (χ1n) is 13.9. The van der Waals surface area contributed by atoms with Gasteiger partial charge in [0, 0.05) is 38.8 Å². The molecule has 1 amide bonds. The molecular formula is C28H35N5O6S2. The molecule has 2 N–H and O–H groups in total. The van der Waals surface area contributed by atoms with Crippen molar-refractivity contribution in [2.45, 2.75) is 49.3 Å². The van der Waals surface area contributed by atoms with Crippen molar-refractivity contribution >= 4 is 48.7 Å². The van der Waals surface area contributed by atoms with Crippen LogP contribution in [0, 0.1) is 5.92 Å². The highest BCUT2D eigenvalue weighted by Gasteiger charge is 2.31. The minimum Gasteiger partial charge on any atom is -0.481 e. The number of sulfonamides is 1. The number of hydrogen-bond donors (Lipinski definition) is 2. The number of carbonyl (C=O) groups excluding carboxylic acids is 1. The van der Waals surface area contributed by atoms with E-state index in [1.165, 1.54) is 15.6 Å². The van der Waals surface area contributed by atoms with Gasteiger partial charge in [0.2, 0.25) is 21.8 Å². The fourth-order valence-electron chi connectivity index (χ4n) is 5.60. The van der Waals surface area contributed by atoms with Gasteiger partial charge in [-0.3, -0.25) is 9.59 Å². The maximum atomic E-state index is 13.6. The fraction of sp³-hybridized carbons (Fsp3) is 0.500. The molecule has 1 aromatic carbocycles. The summed E-state index contributed by atoms with van der Waals surface area (Å²) < 4.78 is 33.3. The van der Waals surface area contributed by atoms with Gasteiger partial charge in [0.25, 0.3) is 0 Å². The number of benzene rings is 1. The largest absolute Gasteiger partial charge is 0.481 e. The van der Waals surface area contributed by atoms with E-state index in [2.05, 4.69) is 15.3 Å². The number of carbonyl (C=O) groups is 2. The van der Waals surface area contributed by atoms with Crippen LogP contribution in [0.15, 0.2) is 41.3 Å². The van der Waals surface area contributed by atoms with Crippen LogP contribution < -0.4 is 10.1 Å². The molecule has 3 aromatic rings. The molecule has 41 heavy (non-hydrogen) atoms. The van der Waals surface area contributed by atoms with Gasteiger partial charge in [-0.05, 0) is 36.1 Å². The molecular weight excluding hydrogens is 566 g/mol. The van der Waals surface area contributed by atoms with Crippen molar-refractivity contribution < 1.29 is 27.9 Å². The summed E-state index contributed by atoms with van der Waals surface area (Å²) in [5.41, 5.74) is 1.45. The summed E-state index contributed by atoms with van der Waals surface area (Å²) >= 11 is 1.29. The van der Waals surface area contributed by atoms with Crippen molar-refractivity contribution in [1.82, 2.24) is 19.2 Å². The van der Waals surface area contributed by atoms with Gasteiger partial charge >= 0.3 is 5.97 Å². The van der Waals surface area contributed by atoms with E-state index in [0.29, 0.717) is 66.4 Å². The lowest BCUT2D eigenvalue weighted by molar-refractivity contribution is -0.137. The second kappa shape index (κ2) is 12.8. The van der Waals surface area contributed by atoms with Crippen LogP contribution in [0.1, 0.15) is 50.0 Å². The van der Waals surface area contributed by atoms with Crippen molar-refractivity contribution in [3.05, 3.63) is 42.0 Å². The number of ether oxygens (including phenoxy) is 1. The lowest BCUT2D eigenvalue weighted by Crippen LogP contribution is -2.48. The van der Waals surface area contributed by atoms with E-state index in [0.717, 1.165) is 31.2 Å². The number of aromatic nitrogens is 2. The average molecular weight is 602 g/mol. The molecule has 13 heteroatoms. The van der Waals surface area contributed by atoms with Crippen LogP contribution in [0.3, 0.4) is 0 Å². The summed E-state index contributed by atoms with van der Waals surface area (Å²) in [6.45, 7) is 1.99. The van der Waals surface area contributed by atoms with Crippen LogP contribution in [0.25, 0.3) is 10.3 Å². The summed E-state index contributed by atoms with van der Waals surface area (Å²) in [4.78, 5) is 36.2. The lowest BCUT2D eigenvalue weighted by atomic mass is 9.87. The van der Waals surface area contributed by atoms with Crippen LogP contribution in [-0.4, -0.2) is 84.4 Å². The smallest absolute Gasteiger partial charge is 0.304 e. The zero-order valence-corrected chi connectivity index (χ0v) is 24.6. The summed E-state index contributed by atoms with van der Waals surface area (Å²) in [5.74, 6) is -0.558. The summed E-state index contributed by atoms with van der Waals surface area (Å²) in [6, 6.07) is 10.2. The van der Waals surface area contributed by atoms with Gasteiger partial charge in [-0.1, -0.05) is 49.2 Å². The van der Waals surface area contributed by atoms with Gasteiger partial charge in [0.1, 0.15) is 10.3 Å². The van der Waals surface area contributed by atoms with Crippen LogP contribution in [0.4, 0.5) is 5.13 Å². The predicted octanol–water partition coefficient (Wildman–Crippen LogP) is 3.78. The third-order valence-corrected chi connectivity index (χ3v) is 10.7. The number of thiazole rings is 1. The van der Waals surface area contributed by atoms with E-state index in [9.17, 15) is 18.0 Å². The van der Waals surface area contributed by atoms with Crippen LogP contribution in [0.5, 0.6) is 5.88 Å². The van der Waals surface area contributed by atoms with Crippen molar-refractivity contribution in [3.8, 4) is 5.88 Å². The van der Waals surface area contributed by atoms with Crippen LogP contribution >= 0.6 is 11.3 Å². The Kier molecular flexibility index (Phi) is 9.17. The van der Waals surface area contributed by atoms with Crippen LogP contribution in [-0.2, 0) is 19.6 Å². The predicted molar refractivity (Wildman–Crippen MR) is 156 cm³/mol. The molecule has 2 fully saturated rings. The van der Waals surface area contributed by atoms with Gasteiger partial charge in [-0.2, -0.15) is 4.31 Å². The molecule has 0 bridgehead atoms. The van der Waals surface area contributed by atoms with Gasteiger partial charge in [0.05, 0.1) is 24.3 Å². The minimum atomic E-state index is -3.71. The topological polar surface area (TPSA) is 142 Å². The first-order valence-corrected chi connectivity index (χ1v) is 16.2. The van der Waals surface area contributed by atoms with Crippen molar-refractivity contribution in [1.29, 1.82) is 0 Å². The maximum Gasteiger partial charge on any atom is 0.304 e. The number of carboxylic acids is 1. The van der Waals surface area contributed by atoms with Gasteiger partial charge in [-0.25, -0.2) is 18.4 Å². The molecule has 1 saturated heterocycles. The van der Waals surface area contributed by atoms with Gasteiger partial charge < -0.3 is 20.1 Å². The normalized spacial score (nSPS) is 18.0. The number of rotatable bonds is 11. The number of piperazine rings is 1. The first-order chi connectivity index (χ1) is 19.7. The highest BCUT2D eigenvalue weighted by atomic mass is 32.2. The molecule has 0 spiro atoms. The molecule has 5 rings (SSSR count). The van der Waals surface area contributed by atoms with E-state index in [4.69, 9.17) is 9.84 Å². The number of methoxy groups -OCH3 is 1. The molecule has 1 aliphatic heterocycles. The Hall–Kier alpha value is -3.13. The second-order valence-electron chi connectivity index (χ2n) is 10.6. The number of fused-ring (bicyclic) bond motifs is 1. The SMILES string of the molecule is COc1ccc2nc(NC(=O)[C@H](CC3CCCC3)c3ccc(S(=O)(=O)N4CCN(CCC(=O)O)CC4)cc3)sc2n1. The Balaban J connectivity index is 1.30. The molecule has 0 radical (unpaired) electrons.